The van der Waals surface area contributed by atoms with Crippen LogP contribution in [0.2, 0.25) is 0 Å². The highest BCUT2D eigenvalue weighted by atomic mass is 32.1. The molecule has 1 aromatic heterocycles. The number of amides is 1. The SMILES string of the molecule is CCOc1ccc([C@@H]2C(=C(O)c3ccc4c(c3)C[C@@H](C)O4)C(=O)C(=O)N2c2nc3c(C)cc(C)cc3s2)cc1OCC. The molecule has 1 saturated heterocycles. The number of hydrogen-bond acceptors (Lipinski definition) is 8. The molecular formula is C33H32N2O6S. The Morgan fingerprint density at radius 1 is 1.05 bits per heavy atom. The molecule has 1 N–H and O–H groups in total. The van der Waals surface area contributed by atoms with Crippen molar-refractivity contribution in [1.29, 1.82) is 0 Å². The molecule has 0 aliphatic carbocycles. The molecule has 8 nitrogen and oxygen atoms in total. The van der Waals surface area contributed by atoms with Crippen LogP contribution in [0.3, 0.4) is 0 Å². The number of ketones is 1. The first-order valence-corrected chi connectivity index (χ1v) is 14.9. The Kier molecular flexibility index (Phi) is 7.14. The molecule has 9 heteroatoms. The van der Waals surface area contributed by atoms with Gasteiger partial charge in [0.1, 0.15) is 17.6 Å². The van der Waals surface area contributed by atoms with Crippen LogP contribution in [0.1, 0.15) is 54.6 Å². The maximum Gasteiger partial charge on any atom is 0.301 e. The van der Waals surface area contributed by atoms with E-state index >= 15 is 0 Å². The Hall–Kier alpha value is -4.37. The first kappa shape index (κ1) is 27.8. The summed E-state index contributed by atoms with van der Waals surface area (Å²) in [4.78, 5) is 33.8. The number of aliphatic hydroxyl groups excluding tert-OH is 1. The highest BCUT2D eigenvalue weighted by molar-refractivity contribution is 7.22. The summed E-state index contributed by atoms with van der Waals surface area (Å²) in [6.45, 7) is 10.6. The number of anilines is 1. The van der Waals surface area contributed by atoms with E-state index in [1.807, 2.05) is 52.8 Å². The van der Waals surface area contributed by atoms with Gasteiger partial charge in [0.2, 0.25) is 0 Å². The van der Waals surface area contributed by atoms with Crippen LogP contribution in [0.5, 0.6) is 17.2 Å². The third kappa shape index (κ3) is 4.67. The number of nitrogens with zero attached hydrogens (tertiary/aromatic N) is 2. The highest BCUT2D eigenvalue weighted by Gasteiger charge is 2.48. The fourth-order valence-corrected chi connectivity index (χ4v) is 6.94. The largest absolute Gasteiger partial charge is 0.507 e. The quantitative estimate of drug-likeness (QED) is 0.147. The number of Topliss-reactive ketones (excluding diaryl/α,β-unsaturated/α-hetero) is 1. The van der Waals surface area contributed by atoms with Gasteiger partial charge in [-0.15, -0.1) is 0 Å². The van der Waals surface area contributed by atoms with Gasteiger partial charge in [0.15, 0.2) is 16.6 Å². The third-order valence-electron chi connectivity index (χ3n) is 7.52. The van der Waals surface area contributed by atoms with E-state index < -0.39 is 17.7 Å². The van der Waals surface area contributed by atoms with Crippen LogP contribution in [0.4, 0.5) is 5.13 Å². The zero-order valence-electron chi connectivity index (χ0n) is 24.2. The molecule has 1 fully saturated rings. The van der Waals surface area contributed by atoms with Gasteiger partial charge in [0.25, 0.3) is 5.78 Å². The molecule has 2 aliphatic heterocycles. The Labute approximate surface area is 248 Å². The molecule has 0 bridgehead atoms. The van der Waals surface area contributed by atoms with Gasteiger partial charge in [-0.2, -0.15) is 0 Å². The summed E-state index contributed by atoms with van der Waals surface area (Å²) in [6.07, 6.45) is 0.713. The van der Waals surface area contributed by atoms with Gasteiger partial charge in [0, 0.05) is 12.0 Å². The summed E-state index contributed by atoms with van der Waals surface area (Å²) in [6, 6.07) is 13.8. The van der Waals surface area contributed by atoms with Crippen molar-refractivity contribution >= 4 is 44.1 Å². The minimum Gasteiger partial charge on any atom is -0.507 e. The Bertz CT molecular complexity index is 1770. The molecule has 0 saturated carbocycles. The van der Waals surface area contributed by atoms with Crippen LogP contribution >= 0.6 is 11.3 Å². The van der Waals surface area contributed by atoms with E-state index in [9.17, 15) is 14.7 Å². The number of aryl methyl sites for hydroxylation is 2. The monoisotopic (exact) mass is 584 g/mol. The lowest BCUT2D eigenvalue weighted by Gasteiger charge is -2.24. The van der Waals surface area contributed by atoms with Crippen LogP contribution in [-0.4, -0.2) is 41.1 Å². The second-order valence-corrected chi connectivity index (χ2v) is 11.6. The third-order valence-corrected chi connectivity index (χ3v) is 8.52. The van der Waals surface area contributed by atoms with Crippen molar-refractivity contribution in [3.63, 3.8) is 0 Å². The number of aromatic nitrogens is 1. The Balaban J connectivity index is 1.56. The number of benzene rings is 3. The summed E-state index contributed by atoms with van der Waals surface area (Å²) in [5.74, 6) is 0.0227. The minimum absolute atomic E-state index is 0.00863. The van der Waals surface area contributed by atoms with E-state index in [0.29, 0.717) is 47.4 Å². The van der Waals surface area contributed by atoms with Crippen LogP contribution in [0, 0.1) is 13.8 Å². The van der Waals surface area contributed by atoms with Crippen molar-refractivity contribution in [2.75, 3.05) is 18.1 Å². The van der Waals surface area contributed by atoms with Crippen LogP contribution in [-0.2, 0) is 16.0 Å². The molecule has 2 atom stereocenters. The molecule has 0 unspecified atom stereocenters. The summed E-state index contributed by atoms with van der Waals surface area (Å²) < 4.78 is 18.4. The molecule has 6 rings (SSSR count). The first-order valence-electron chi connectivity index (χ1n) is 14.1. The number of rotatable bonds is 7. The molecule has 0 radical (unpaired) electrons. The normalized spacial score (nSPS) is 19.3. The van der Waals surface area contributed by atoms with Gasteiger partial charge < -0.3 is 19.3 Å². The predicted molar refractivity (Wildman–Crippen MR) is 163 cm³/mol. The molecule has 2 aliphatic rings. The lowest BCUT2D eigenvalue weighted by Crippen LogP contribution is -2.29. The maximum absolute atomic E-state index is 13.8. The van der Waals surface area contributed by atoms with Crippen molar-refractivity contribution in [3.8, 4) is 17.2 Å². The van der Waals surface area contributed by atoms with Crippen molar-refractivity contribution in [1.82, 2.24) is 4.98 Å². The fourth-order valence-electron chi connectivity index (χ4n) is 5.77. The average Bonchev–Trinajstić information content (AvgIpc) is 3.62. The van der Waals surface area contributed by atoms with Crippen LogP contribution in [0.25, 0.3) is 16.0 Å². The second-order valence-electron chi connectivity index (χ2n) is 10.6. The van der Waals surface area contributed by atoms with Crippen molar-refractivity contribution in [2.45, 2.75) is 53.2 Å². The number of ether oxygens (including phenoxy) is 3. The summed E-state index contributed by atoms with van der Waals surface area (Å²) in [5, 5.41) is 12.1. The molecule has 1 amide bonds. The molecule has 216 valence electrons. The Morgan fingerprint density at radius 2 is 1.81 bits per heavy atom. The predicted octanol–water partition coefficient (Wildman–Crippen LogP) is 6.66. The van der Waals surface area contributed by atoms with Crippen molar-refractivity contribution in [3.05, 3.63) is 81.9 Å². The van der Waals surface area contributed by atoms with E-state index in [1.54, 1.807) is 30.3 Å². The number of fused-ring (bicyclic) bond motifs is 2. The molecule has 3 heterocycles. The number of carbonyl (C=O) groups excluding carboxylic acids is 2. The first-order chi connectivity index (χ1) is 20.2. The summed E-state index contributed by atoms with van der Waals surface area (Å²) in [5.41, 5.74) is 4.80. The molecule has 3 aromatic carbocycles. The summed E-state index contributed by atoms with van der Waals surface area (Å²) >= 11 is 1.34. The molecular weight excluding hydrogens is 552 g/mol. The lowest BCUT2D eigenvalue weighted by atomic mass is 9.94. The van der Waals surface area contributed by atoms with Gasteiger partial charge in [-0.25, -0.2) is 4.98 Å². The Morgan fingerprint density at radius 3 is 2.57 bits per heavy atom. The number of carbonyl (C=O) groups is 2. The van der Waals surface area contributed by atoms with E-state index in [0.717, 1.165) is 32.7 Å². The zero-order valence-corrected chi connectivity index (χ0v) is 25.0. The fraction of sp³-hybridized carbons (Fsp3) is 0.303. The zero-order chi connectivity index (χ0) is 29.7. The number of thiazole rings is 1. The minimum atomic E-state index is -0.940. The number of hydrogen-bond donors (Lipinski definition) is 1. The van der Waals surface area contributed by atoms with Crippen molar-refractivity contribution < 1.29 is 28.9 Å². The standard InChI is InChI=1S/C33H32N2O6S/c1-6-39-24-11-8-20(16-25(24)40-7-2)29-27(30(36)21-9-10-23-22(15-21)14-19(5)41-23)31(37)32(38)35(29)33-34-28-18(4)12-17(3)13-26(28)42-33/h8-13,15-16,19,29,36H,6-7,14H2,1-5H3/t19-,29-/m1/s1. The smallest absolute Gasteiger partial charge is 0.301 e. The van der Waals surface area contributed by atoms with Gasteiger partial charge in [-0.3, -0.25) is 14.5 Å². The maximum atomic E-state index is 13.8. The van der Waals surface area contributed by atoms with E-state index in [1.165, 1.54) is 16.2 Å². The van der Waals surface area contributed by atoms with Gasteiger partial charge >= 0.3 is 5.91 Å². The van der Waals surface area contributed by atoms with Gasteiger partial charge in [0.05, 0.1) is 35.0 Å². The molecule has 4 aromatic rings. The van der Waals surface area contributed by atoms with Crippen LogP contribution < -0.4 is 19.1 Å². The van der Waals surface area contributed by atoms with E-state index in [-0.39, 0.29) is 17.4 Å². The summed E-state index contributed by atoms with van der Waals surface area (Å²) in [7, 11) is 0. The molecule has 42 heavy (non-hydrogen) atoms. The van der Waals surface area contributed by atoms with E-state index in [4.69, 9.17) is 19.2 Å². The van der Waals surface area contributed by atoms with Gasteiger partial charge in [-0.1, -0.05) is 23.5 Å². The topological polar surface area (TPSA) is 98.2 Å². The van der Waals surface area contributed by atoms with Gasteiger partial charge in [-0.05, 0) is 93.3 Å². The van der Waals surface area contributed by atoms with Crippen LogP contribution in [0.15, 0.2) is 54.1 Å². The lowest BCUT2D eigenvalue weighted by molar-refractivity contribution is -0.132. The highest BCUT2D eigenvalue weighted by Crippen LogP contribution is 2.46. The molecule has 0 spiro atoms. The second kappa shape index (κ2) is 10.8. The average molecular weight is 585 g/mol. The number of aliphatic hydroxyl groups is 1. The van der Waals surface area contributed by atoms with E-state index in [2.05, 4.69) is 0 Å². The van der Waals surface area contributed by atoms with Crippen molar-refractivity contribution in [2.24, 2.45) is 0 Å².